The monoisotopic (exact) mass is 123 g/mol. The summed E-state index contributed by atoms with van der Waals surface area (Å²) in [5.41, 5.74) is 0. The molecule has 0 nitrogen and oxygen atoms in total. The van der Waals surface area contributed by atoms with Crippen molar-refractivity contribution in [1.29, 1.82) is 0 Å². The Kier molecular flexibility index (Phi) is 1.12. The summed E-state index contributed by atoms with van der Waals surface area (Å²) in [5, 5.41) is 0. The fourth-order valence-corrected chi connectivity index (χ4v) is 2.63. The highest BCUT2D eigenvalue weighted by Gasteiger charge is 2.42. The summed E-state index contributed by atoms with van der Waals surface area (Å²) in [6.07, 6.45) is 4.54. The van der Waals surface area contributed by atoms with Gasteiger partial charge >= 0.3 is 0 Å². The Morgan fingerprint density at radius 3 is 2.44 bits per heavy atom. The second-order valence-corrected chi connectivity index (χ2v) is 3.80. The van der Waals surface area contributed by atoms with Crippen molar-refractivity contribution in [2.45, 2.75) is 33.1 Å². The van der Waals surface area contributed by atoms with E-state index < -0.39 is 0 Å². The van der Waals surface area contributed by atoms with Crippen molar-refractivity contribution in [1.82, 2.24) is 0 Å². The molecule has 2 aliphatic rings. The van der Waals surface area contributed by atoms with E-state index in [-0.39, 0.29) is 0 Å². The quantitative estimate of drug-likeness (QED) is 0.464. The molecular formula is C9H15. The first-order valence-electron chi connectivity index (χ1n) is 4.12. The number of rotatable bonds is 0. The fourth-order valence-electron chi connectivity index (χ4n) is 2.63. The third kappa shape index (κ3) is 0.653. The zero-order chi connectivity index (χ0) is 6.43. The summed E-state index contributed by atoms with van der Waals surface area (Å²) in [7, 11) is 0. The molecule has 2 aliphatic carbocycles. The van der Waals surface area contributed by atoms with Gasteiger partial charge in [0.25, 0.3) is 0 Å². The standard InChI is InChI=1S/C9H15/c1-6-7(2)9-4-3-8(6)5-9/h6,8-9H,3-5H2,1-2H3. The van der Waals surface area contributed by atoms with Crippen LogP contribution in [0.4, 0.5) is 0 Å². The van der Waals surface area contributed by atoms with Gasteiger partial charge in [0, 0.05) is 0 Å². The maximum absolute atomic E-state index is 2.40. The van der Waals surface area contributed by atoms with Crippen molar-refractivity contribution in [2.75, 3.05) is 0 Å². The van der Waals surface area contributed by atoms with Crippen molar-refractivity contribution >= 4 is 0 Å². The first-order chi connectivity index (χ1) is 4.29. The van der Waals surface area contributed by atoms with Crippen LogP contribution >= 0.6 is 0 Å². The van der Waals surface area contributed by atoms with Crippen molar-refractivity contribution in [3.63, 3.8) is 0 Å². The lowest BCUT2D eigenvalue weighted by Gasteiger charge is -2.23. The summed E-state index contributed by atoms with van der Waals surface area (Å²) in [5.74, 6) is 4.87. The Morgan fingerprint density at radius 2 is 2.11 bits per heavy atom. The molecule has 0 aromatic heterocycles. The fraction of sp³-hybridized carbons (Fsp3) is 0.889. The van der Waals surface area contributed by atoms with E-state index in [2.05, 4.69) is 13.8 Å². The topological polar surface area (TPSA) is 0 Å². The van der Waals surface area contributed by atoms with Crippen LogP contribution < -0.4 is 0 Å². The molecule has 9 heavy (non-hydrogen) atoms. The molecule has 2 fully saturated rings. The average molecular weight is 123 g/mol. The summed E-state index contributed by atoms with van der Waals surface area (Å²) in [6.45, 7) is 4.76. The minimum atomic E-state index is 0.962. The maximum Gasteiger partial charge on any atom is -0.0210 e. The highest BCUT2D eigenvalue weighted by molar-refractivity contribution is 5.09. The Hall–Kier alpha value is 0. The van der Waals surface area contributed by atoms with E-state index in [1.807, 2.05) is 0 Å². The summed E-state index contributed by atoms with van der Waals surface area (Å²) < 4.78 is 0. The van der Waals surface area contributed by atoms with Gasteiger partial charge in [-0.05, 0) is 42.9 Å². The Balaban J connectivity index is 2.15. The molecule has 3 unspecified atom stereocenters. The minimum Gasteiger partial charge on any atom is -0.0617 e. The number of hydrogen-bond donors (Lipinski definition) is 0. The highest BCUT2D eigenvalue weighted by Crippen LogP contribution is 2.52. The van der Waals surface area contributed by atoms with E-state index in [9.17, 15) is 0 Å². The normalized spacial score (nSPS) is 50.7. The SMILES string of the molecule is C[C]1C2CCC(C2)C1C. The van der Waals surface area contributed by atoms with Crippen LogP contribution in [0.1, 0.15) is 33.1 Å². The smallest absolute Gasteiger partial charge is 0.0210 e. The first-order valence-corrected chi connectivity index (χ1v) is 4.12. The molecule has 1 radical (unpaired) electrons. The van der Waals surface area contributed by atoms with Crippen LogP contribution in [0.2, 0.25) is 0 Å². The van der Waals surface area contributed by atoms with E-state index in [0.29, 0.717) is 0 Å². The summed E-state index contributed by atoms with van der Waals surface area (Å²) in [6, 6.07) is 0. The van der Waals surface area contributed by atoms with Gasteiger partial charge in [0.1, 0.15) is 0 Å². The lowest BCUT2D eigenvalue weighted by Crippen LogP contribution is -2.14. The van der Waals surface area contributed by atoms with Crippen LogP contribution in [-0.2, 0) is 0 Å². The molecule has 0 heterocycles. The Morgan fingerprint density at radius 1 is 1.33 bits per heavy atom. The van der Waals surface area contributed by atoms with E-state index in [4.69, 9.17) is 0 Å². The lowest BCUT2D eigenvalue weighted by molar-refractivity contribution is 0.392. The average Bonchev–Trinajstić information content (AvgIpc) is 2.37. The first kappa shape index (κ1) is 5.76. The van der Waals surface area contributed by atoms with Gasteiger partial charge in [0.2, 0.25) is 0 Å². The molecule has 0 heteroatoms. The van der Waals surface area contributed by atoms with Gasteiger partial charge in [0.05, 0.1) is 0 Å². The molecule has 0 saturated heterocycles. The molecule has 0 spiro atoms. The van der Waals surface area contributed by atoms with Crippen LogP contribution in [0.3, 0.4) is 0 Å². The molecule has 51 valence electrons. The molecule has 0 aromatic rings. The van der Waals surface area contributed by atoms with E-state index in [1.165, 1.54) is 19.3 Å². The van der Waals surface area contributed by atoms with E-state index >= 15 is 0 Å². The van der Waals surface area contributed by atoms with E-state index in [0.717, 1.165) is 17.8 Å². The van der Waals surface area contributed by atoms with Gasteiger partial charge in [-0.2, -0.15) is 0 Å². The van der Waals surface area contributed by atoms with Crippen LogP contribution in [-0.4, -0.2) is 0 Å². The molecule has 0 N–H and O–H groups in total. The predicted octanol–water partition coefficient (Wildman–Crippen LogP) is 2.65. The Labute approximate surface area is 57.6 Å². The second-order valence-electron chi connectivity index (χ2n) is 3.80. The lowest BCUT2D eigenvalue weighted by atomic mass is 9.82. The van der Waals surface area contributed by atoms with Gasteiger partial charge in [0.15, 0.2) is 0 Å². The van der Waals surface area contributed by atoms with Crippen LogP contribution in [0.25, 0.3) is 0 Å². The molecule has 3 atom stereocenters. The van der Waals surface area contributed by atoms with Gasteiger partial charge in [-0.15, -0.1) is 0 Å². The number of hydrogen-bond acceptors (Lipinski definition) is 0. The van der Waals surface area contributed by atoms with Gasteiger partial charge < -0.3 is 0 Å². The third-order valence-corrected chi connectivity index (χ3v) is 3.54. The molecule has 2 saturated carbocycles. The van der Waals surface area contributed by atoms with Crippen LogP contribution in [0, 0.1) is 23.7 Å². The van der Waals surface area contributed by atoms with Gasteiger partial charge in [-0.25, -0.2) is 0 Å². The molecular weight excluding hydrogens is 108 g/mol. The van der Waals surface area contributed by atoms with Gasteiger partial charge in [-0.1, -0.05) is 13.8 Å². The van der Waals surface area contributed by atoms with Gasteiger partial charge in [-0.3, -0.25) is 0 Å². The van der Waals surface area contributed by atoms with E-state index in [1.54, 1.807) is 5.92 Å². The third-order valence-electron chi connectivity index (χ3n) is 3.54. The predicted molar refractivity (Wildman–Crippen MR) is 38.9 cm³/mol. The van der Waals surface area contributed by atoms with Crippen molar-refractivity contribution in [3.05, 3.63) is 5.92 Å². The molecule has 0 amide bonds. The molecule has 2 rings (SSSR count). The minimum absolute atomic E-state index is 0.962. The highest BCUT2D eigenvalue weighted by atomic mass is 14.5. The summed E-state index contributed by atoms with van der Waals surface area (Å²) in [4.78, 5) is 0. The van der Waals surface area contributed by atoms with Crippen LogP contribution in [0.15, 0.2) is 0 Å². The van der Waals surface area contributed by atoms with Crippen molar-refractivity contribution in [2.24, 2.45) is 17.8 Å². The second kappa shape index (κ2) is 1.74. The molecule has 0 aliphatic heterocycles. The zero-order valence-electron chi connectivity index (χ0n) is 6.35. The van der Waals surface area contributed by atoms with Crippen molar-refractivity contribution < 1.29 is 0 Å². The zero-order valence-corrected chi connectivity index (χ0v) is 6.35. The molecule has 2 bridgehead atoms. The molecule has 0 aromatic carbocycles. The van der Waals surface area contributed by atoms with Crippen LogP contribution in [0.5, 0.6) is 0 Å². The number of fused-ring (bicyclic) bond motifs is 2. The van der Waals surface area contributed by atoms with Crippen molar-refractivity contribution in [3.8, 4) is 0 Å². The Bertz CT molecular complexity index is 99.2. The summed E-state index contributed by atoms with van der Waals surface area (Å²) >= 11 is 0. The maximum atomic E-state index is 2.40. The largest absolute Gasteiger partial charge is 0.0617 e.